The van der Waals surface area contributed by atoms with Crippen LogP contribution in [0, 0.1) is 6.92 Å². The van der Waals surface area contributed by atoms with Gasteiger partial charge in [0.1, 0.15) is 0 Å². The molecule has 0 aliphatic heterocycles. The van der Waals surface area contributed by atoms with E-state index in [4.69, 9.17) is 5.11 Å². The molecule has 0 saturated carbocycles. The fourth-order valence-corrected chi connectivity index (χ4v) is 2.67. The van der Waals surface area contributed by atoms with Crippen molar-refractivity contribution < 1.29 is 5.11 Å². The third-order valence-corrected chi connectivity index (χ3v) is 3.53. The maximum Gasteiger partial charge on any atom is 0.0716 e. The molecule has 0 amide bonds. The fraction of sp³-hybridized carbons (Fsp3) is 0.308. The topological polar surface area (TPSA) is 33.1 Å². The van der Waals surface area contributed by atoms with Gasteiger partial charge >= 0.3 is 0 Å². The average molecular weight is 233 g/mol. The van der Waals surface area contributed by atoms with Gasteiger partial charge in [0.25, 0.3) is 0 Å². The molecule has 1 aromatic carbocycles. The summed E-state index contributed by atoms with van der Waals surface area (Å²) in [4.78, 5) is 5.69. The van der Waals surface area contributed by atoms with E-state index >= 15 is 0 Å². The van der Waals surface area contributed by atoms with E-state index in [0.717, 1.165) is 11.2 Å². The molecule has 1 unspecified atom stereocenters. The summed E-state index contributed by atoms with van der Waals surface area (Å²) >= 11 is 1.70. The van der Waals surface area contributed by atoms with E-state index in [1.54, 1.807) is 11.8 Å². The Morgan fingerprint density at radius 3 is 2.88 bits per heavy atom. The largest absolute Gasteiger partial charge is 0.395 e. The summed E-state index contributed by atoms with van der Waals surface area (Å²) in [7, 11) is 0. The first-order valence-electron chi connectivity index (χ1n) is 5.34. The molecule has 0 aliphatic rings. The lowest BCUT2D eigenvalue weighted by molar-refractivity contribution is 0.300. The SMILES string of the molecule is Cc1cc(SC(C)CO)c2ccccc2n1. The highest BCUT2D eigenvalue weighted by molar-refractivity contribution is 8.00. The number of nitrogens with zero attached hydrogens (tertiary/aromatic N) is 1. The van der Waals surface area contributed by atoms with Crippen molar-refractivity contribution in [2.75, 3.05) is 6.61 Å². The number of pyridine rings is 1. The Hall–Kier alpha value is -1.06. The zero-order valence-electron chi connectivity index (χ0n) is 9.47. The third kappa shape index (κ3) is 2.36. The zero-order valence-corrected chi connectivity index (χ0v) is 10.3. The number of hydrogen-bond donors (Lipinski definition) is 1. The van der Waals surface area contributed by atoms with Gasteiger partial charge in [-0.2, -0.15) is 0 Å². The van der Waals surface area contributed by atoms with Crippen molar-refractivity contribution in [3.8, 4) is 0 Å². The smallest absolute Gasteiger partial charge is 0.0716 e. The van der Waals surface area contributed by atoms with E-state index in [0.29, 0.717) is 0 Å². The molecule has 1 heterocycles. The summed E-state index contributed by atoms with van der Waals surface area (Å²) < 4.78 is 0. The quantitative estimate of drug-likeness (QED) is 0.827. The van der Waals surface area contributed by atoms with Crippen molar-refractivity contribution in [2.45, 2.75) is 24.0 Å². The van der Waals surface area contributed by atoms with Crippen LogP contribution >= 0.6 is 11.8 Å². The summed E-state index contributed by atoms with van der Waals surface area (Å²) in [5.41, 5.74) is 2.04. The molecule has 0 bridgehead atoms. The van der Waals surface area contributed by atoms with Gasteiger partial charge in [-0.15, -0.1) is 11.8 Å². The average Bonchev–Trinajstić information content (AvgIpc) is 2.28. The van der Waals surface area contributed by atoms with Gasteiger partial charge in [0.15, 0.2) is 0 Å². The first-order chi connectivity index (χ1) is 7.70. The second-order valence-electron chi connectivity index (χ2n) is 3.89. The molecule has 84 valence electrons. The Morgan fingerprint density at radius 1 is 1.38 bits per heavy atom. The molecule has 2 rings (SSSR count). The molecule has 16 heavy (non-hydrogen) atoms. The van der Waals surface area contributed by atoms with Gasteiger partial charge < -0.3 is 5.11 Å². The number of rotatable bonds is 3. The molecule has 1 atom stereocenters. The zero-order chi connectivity index (χ0) is 11.5. The van der Waals surface area contributed by atoms with Crippen LogP contribution in [0.2, 0.25) is 0 Å². The number of benzene rings is 1. The van der Waals surface area contributed by atoms with Gasteiger partial charge in [0.2, 0.25) is 0 Å². The van der Waals surface area contributed by atoms with Crippen molar-refractivity contribution in [1.29, 1.82) is 0 Å². The lowest BCUT2D eigenvalue weighted by Gasteiger charge is -2.11. The molecule has 1 aromatic heterocycles. The van der Waals surface area contributed by atoms with Crippen LogP contribution < -0.4 is 0 Å². The highest BCUT2D eigenvalue weighted by atomic mass is 32.2. The van der Waals surface area contributed by atoms with E-state index < -0.39 is 0 Å². The number of hydrogen-bond acceptors (Lipinski definition) is 3. The number of thioether (sulfide) groups is 1. The van der Waals surface area contributed by atoms with E-state index in [1.807, 2.05) is 32.0 Å². The van der Waals surface area contributed by atoms with Gasteiger partial charge in [0.05, 0.1) is 12.1 Å². The Labute approximate surface area is 99.7 Å². The number of aryl methyl sites for hydroxylation is 1. The lowest BCUT2D eigenvalue weighted by Crippen LogP contribution is -2.02. The summed E-state index contributed by atoms with van der Waals surface area (Å²) in [6, 6.07) is 10.2. The van der Waals surface area contributed by atoms with Crippen LogP contribution in [-0.4, -0.2) is 21.9 Å². The van der Waals surface area contributed by atoms with Crippen molar-refractivity contribution >= 4 is 22.7 Å². The summed E-state index contributed by atoms with van der Waals surface area (Å²) in [5.74, 6) is 0. The first-order valence-corrected chi connectivity index (χ1v) is 6.22. The molecule has 0 spiro atoms. The fourth-order valence-electron chi connectivity index (χ4n) is 1.62. The molecule has 0 fully saturated rings. The van der Waals surface area contributed by atoms with Crippen LogP contribution in [0.25, 0.3) is 10.9 Å². The molecule has 1 N–H and O–H groups in total. The van der Waals surface area contributed by atoms with Crippen LogP contribution in [0.15, 0.2) is 35.2 Å². The standard InChI is InChI=1S/C13H15NOS/c1-9-7-13(16-10(2)8-15)11-5-3-4-6-12(11)14-9/h3-7,10,15H,8H2,1-2H3. The van der Waals surface area contributed by atoms with E-state index in [9.17, 15) is 0 Å². The predicted octanol–water partition coefficient (Wildman–Crippen LogP) is 3.02. The molecular weight excluding hydrogens is 218 g/mol. The summed E-state index contributed by atoms with van der Waals surface area (Å²) in [6.45, 7) is 4.22. The summed E-state index contributed by atoms with van der Waals surface area (Å²) in [6.07, 6.45) is 0. The minimum absolute atomic E-state index is 0.195. The maximum absolute atomic E-state index is 9.10. The number of aromatic nitrogens is 1. The van der Waals surface area contributed by atoms with E-state index in [-0.39, 0.29) is 11.9 Å². The normalized spacial score (nSPS) is 12.9. The predicted molar refractivity (Wildman–Crippen MR) is 68.9 cm³/mol. The van der Waals surface area contributed by atoms with E-state index in [1.165, 1.54) is 10.3 Å². The minimum Gasteiger partial charge on any atom is -0.395 e. The van der Waals surface area contributed by atoms with Crippen LogP contribution in [0.1, 0.15) is 12.6 Å². The summed E-state index contributed by atoms with van der Waals surface area (Å²) in [5, 5.41) is 10.5. The maximum atomic E-state index is 9.10. The number of aliphatic hydroxyl groups is 1. The Kier molecular flexibility index (Phi) is 3.46. The molecule has 2 nitrogen and oxygen atoms in total. The Morgan fingerprint density at radius 2 is 2.12 bits per heavy atom. The number of fused-ring (bicyclic) bond motifs is 1. The van der Waals surface area contributed by atoms with E-state index in [2.05, 4.69) is 17.1 Å². The third-order valence-electron chi connectivity index (χ3n) is 2.39. The van der Waals surface area contributed by atoms with Crippen LogP contribution in [-0.2, 0) is 0 Å². The molecular formula is C13H15NOS. The van der Waals surface area contributed by atoms with Gasteiger partial charge in [-0.05, 0) is 19.1 Å². The second-order valence-corrected chi connectivity index (χ2v) is 5.37. The van der Waals surface area contributed by atoms with Crippen LogP contribution in [0.3, 0.4) is 0 Å². The molecule has 3 heteroatoms. The van der Waals surface area contributed by atoms with Gasteiger partial charge in [-0.3, -0.25) is 4.98 Å². The van der Waals surface area contributed by atoms with Gasteiger partial charge in [0, 0.05) is 21.2 Å². The Balaban J connectivity index is 2.50. The number of aliphatic hydroxyl groups excluding tert-OH is 1. The lowest BCUT2D eigenvalue weighted by atomic mass is 10.2. The van der Waals surface area contributed by atoms with Crippen molar-refractivity contribution in [3.63, 3.8) is 0 Å². The monoisotopic (exact) mass is 233 g/mol. The molecule has 0 saturated heterocycles. The first kappa shape index (κ1) is 11.4. The molecule has 0 aliphatic carbocycles. The van der Waals surface area contributed by atoms with Gasteiger partial charge in [-0.25, -0.2) is 0 Å². The minimum atomic E-state index is 0.195. The molecule has 0 radical (unpaired) electrons. The van der Waals surface area contributed by atoms with Crippen LogP contribution in [0.5, 0.6) is 0 Å². The highest BCUT2D eigenvalue weighted by Gasteiger charge is 2.08. The van der Waals surface area contributed by atoms with Crippen molar-refractivity contribution in [1.82, 2.24) is 4.98 Å². The second kappa shape index (κ2) is 4.85. The van der Waals surface area contributed by atoms with Crippen molar-refractivity contribution in [2.24, 2.45) is 0 Å². The number of para-hydroxylation sites is 1. The van der Waals surface area contributed by atoms with Gasteiger partial charge in [-0.1, -0.05) is 25.1 Å². The van der Waals surface area contributed by atoms with Crippen molar-refractivity contribution in [3.05, 3.63) is 36.0 Å². The Bertz CT molecular complexity index is 498. The van der Waals surface area contributed by atoms with Crippen LogP contribution in [0.4, 0.5) is 0 Å². The highest BCUT2D eigenvalue weighted by Crippen LogP contribution is 2.30. The molecule has 2 aromatic rings.